The highest BCUT2D eigenvalue weighted by Gasteiger charge is 2.08. The molecule has 0 aromatic heterocycles. The van der Waals surface area contributed by atoms with E-state index in [0.717, 1.165) is 0 Å². The minimum Gasteiger partial charge on any atom is -0.273 e. The minimum absolute atomic E-state index is 0.0870. The summed E-state index contributed by atoms with van der Waals surface area (Å²) in [5.41, 5.74) is 2.59. The number of amides is 1. The van der Waals surface area contributed by atoms with Gasteiger partial charge in [0.1, 0.15) is 0 Å². The van der Waals surface area contributed by atoms with Crippen molar-refractivity contribution < 1.29 is 9.72 Å². The van der Waals surface area contributed by atoms with Crippen molar-refractivity contribution >= 4 is 29.4 Å². The fourth-order valence-corrected chi connectivity index (χ4v) is 1.20. The zero-order chi connectivity index (χ0) is 13.7. The molecule has 0 bridgehead atoms. The molecule has 0 aliphatic heterocycles. The van der Waals surface area contributed by atoms with Gasteiger partial charge in [-0.3, -0.25) is 14.9 Å². The van der Waals surface area contributed by atoms with Crippen LogP contribution in [-0.2, 0) is 4.79 Å². The molecule has 7 heteroatoms. The van der Waals surface area contributed by atoms with Crippen molar-refractivity contribution in [3.8, 4) is 0 Å². The Hall–Kier alpha value is -1.95. The predicted molar refractivity (Wildman–Crippen MR) is 68.7 cm³/mol. The smallest absolute Gasteiger partial charge is 0.270 e. The van der Waals surface area contributed by atoms with Crippen molar-refractivity contribution in [2.75, 3.05) is 0 Å². The van der Waals surface area contributed by atoms with Crippen molar-refractivity contribution in [2.45, 2.75) is 13.8 Å². The maximum absolute atomic E-state index is 11.2. The van der Waals surface area contributed by atoms with Crippen LogP contribution in [0.15, 0.2) is 23.3 Å². The first-order chi connectivity index (χ1) is 8.41. The van der Waals surface area contributed by atoms with E-state index in [2.05, 4.69) is 10.5 Å². The molecule has 0 saturated heterocycles. The van der Waals surface area contributed by atoms with Gasteiger partial charge in [-0.15, -0.1) is 0 Å². The lowest BCUT2D eigenvalue weighted by Crippen LogP contribution is -2.22. The Balaban J connectivity index is 2.83. The summed E-state index contributed by atoms with van der Waals surface area (Å²) in [6.07, 6.45) is 1.27. The van der Waals surface area contributed by atoms with Crippen molar-refractivity contribution in [3.05, 3.63) is 38.9 Å². The van der Waals surface area contributed by atoms with Gasteiger partial charge in [-0.2, -0.15) is 5.10 Å². The van der Waals surface area contributed by atoms with Gasteiger partial charge in [0.05, 0.1) is 11.1 Å². The van der Waals surface area contributed by atoms with Crippen LogP contribution in [0.2, 0.25) is 5.02 Å². The molecule has 1 N–H and O–H groups in total. The summed E-state index contributed by atoms with van der Waals surface area (Å²) in [5, 5.41) is 14.6. The van der Waals surface area contributed by atoms with E-state index in [1.54, 1.807) is 13.8 Å². The monoisotopic (exact) mass is 269 g/mol. The molecule has 0 spiro atoms. The summed E-state index contributed by atoms with van der Waals surface area (Å²) < 4.78 is 0. The van der Waals surface area contributed by atoms with Gasteiger partial charge in [-0.1, -0.05) is 25.4 Å². The third kappa shape index (κ3) is 3.81. The first-order valence-corrected chi connectivity index (χ1v) is 5.56. The fourth-order valence-electron chi connectivity index (χ4n) is 1.04. The summed E-state index contributed by atoms with van der Waals surface area (Å²) in [6, 6.07) is 3.99. The summed E-state index contributed by atoms with van der Waals surface area (Å²) in [4.78, 5) is 21.3. The van der Waals surface area contributed by atoms with Gasteiger partial charge in [-0.05, 0) is 6.07 Å². The van der Waals surface area contributed by atoms with Crippen LogP contribution >= 0.6 is 11.6 Å². The van der Waals surface area contributed by atoms with Crippen LogP contribution in [0.25, 0.3) is 0 Å². The molecule has 0 atom stereocenters. The topological polar surface area (TPSA) is 84.6 Å². The molecule has 1 rings (SSSR count). The van der Waals surface area contributed by atoms with Crippen LogP contribution in [-0.4, -0.2) is 17.0 Å². The molecule has 6 nitrogen and oxygen atoms in total. The van der Waals surface area contributed by atoms with Gasteiger partial charge in [0.15, 0.2) is 0 Å². The third-order valence-electron chi connectivity index (χ3n) is 2.09. The highest BCUT2D eigenvalue weighted by atomic mass is 35.5. The summed E-state index contributed by atoms with van der Waals surface area (Å²) in [5.74, 6) is -0.435. The van der Waals surface area contributed by atoms with Crippen LogP contribution in [0, 0.1) is 16.0 Å². The van der Waals surface area contributed by atoms with E-state index in [1.165, 1.54) is 24.4 Å². The molecule has 0 aliphatic carbocycles. The Morgan fingerprint density at radius 1 is 1.56 bits per heavy atom. The van der Waals surface area contributed by atoms with Crippen molar-refractivity contribution in [2.24, 2.45) is 11.0 Å². The Labute approximate surface area is 109 Å². The number of hydrogen-bond donors (Lipinski definition) is 1. The van der Waals surface area contributed by atoms with Gasteiger partial charge in [0, 0.05) is 28.6 Å². The molecule has 0 unspecified atom stereocenters. The lowest BCUT2D eigenvalue weighted by atomic mass is 10.2. The molecule has 1 aromatic rings. The number of non-ortho nitro benzene ring substituents is 1. The highest BCUT2D eigenvalue weighted by Crippen LogP contribution is 2.20. The number of carbonyl (C=O) groups excluding carboxylic acids is 1. The van der Waals surface area contributed by atoms with Crippen molar-refractivity contribution in [1.82, 2.24) is 5.43 Å². The zero-order valence-electron chi connectivity index (χ0n) is 9.88. The number of hydrogen-bond acceptors (Lipinski definition) is 4. The number of nitrogens with zero attached hydrogens (tertiary/aromatic N) is 2. The molecular formula is C11H12ClN3O3. The van der Waals surface area contributed by atoms with E-state index >= 15 is 0 Å². The molecular weight excluding hydrogens is 258 g/mol. The molecule has 0 fully saturated rings. The maximum Gasteiger partial charge on any atom is 0.270 e. The molecule has 1 aromatic carbocycles. The Kier molecular flexibility index (Phi) is 4.79. The Bertz CT molecular complexity index is 500. The SMILES string of the molecule is CC(C)C(=O)N/N=C\c1cc([N+](=O)[O-])ccc1Cl. The number of carbonyl (C=O) groups is 1. The second-order valence-corrected chi connectivity index (χ2v) is 4.26. The highest BCUT2D eigenvalue weighted by molar-refractivity contribution is 6.33. The molecule has 0 heterocycles. The molecule has 0 aliphatic rings. The fraction of sp³-hybridized carbons (Fsp3) is 0.273. The standard InChI is InChI=1S/C11H12ClN3O3/c1-7(2)11(16)14-13-6-8-5-9(15(17)18)3-4-10(8)12/h3-7H,1-2H3,(H,14,16)/b13-6-. The van der Waals surface area contributed by atoms with E-state index in [1.807, 2.05) is 0 Å². The molecule has 1 amide bonds. The first kappa shape index (κ1) is 14.1. The molecule has 96 valence electrons. The van der Waals surface area contributed by atoms with Gasteiger partial charge in [0.25, 0.3) is 5.69 Å². The van der Waals surface area contributed by atoms with Gasteiger partial charge >= 0.3 is 0 Å². The third-order valence-corrected chi connectivity index (χ3v) is 2.44. The van der Waals surface area contributed by atoms with E-state index in [0.29, 0.717) is 10.6 Å². The Morgan fingerprint density at radius 2 is 2.22 bits per heavy atom. The summed E-state index contributed by atoms with van der Waals surface area (Å²) in [6.45, 7) is 3.45. The number of nitro benzene ring substituents is 1. The number of benzene rings is 1. The average Bonchev–Trinajstić information content (AvgIpc) is 2.30. The number of nitrogens with one attached hydrogen (secondary N) is 1. The zero-order valence-corrected chi connectivity index (χ0v) is 10.6. The van der Waals surface area contributed by atoms with Gasteiger partial charge in [-0.25, -0.2) is 5.43 Å². The largest absolute Gasteiger partial charge is 0.273 e. The van der Waals surface area contributed by atoms with Crippen LogP contribution in [0.5, 0.6) is 0 Å². The molecule has 0 saturated carbocycles. The second-order valence-electron chi connectivity index (χ2n) is 3.85. The maximum atomic E-state index is 11.2. The van der Waals surface area contributed by atoms with Gasteiger partial charge in [0.2, 0.25) is 5.91 Å². The summed E-state index contributed by atoms with van der Waals surface area (Å²) in [7, 11) is 0. The second kappa shape index (κ2) is 6.11. The lowest BCUT2D eigenvalue weighted by Gasteiger charge is -2.02. The average molecular weight is 270 g/mol. The number of nitro groups is 1. The van der Waals surface area contributed by atoms with Gasteiger partial charge < -0.3 is 0 Å². The van der Waals surface area contributed by atoms with Crippen LogP contribution in [0.1, 0.15) is 19.4 Å². The minimum atomic E-state index is -0.527. The number of rotatable bonds is 4. The lowest BCUT2D eigenvalue weighted by molar-refractivity contribution is -0.384. The Morgan fingerprint density at radius 3 is 2.78 bits per heavy atom. The van der Waals surface area contributed by atoms with E-state index in [9.17, 15) is 14.9 Å². The van der Waals surface area contributed by atoms with Crippen LogP contribution in [0.4, 0.5) is 5.69 Å². The van der Waals surface area contributed by atoms with Crippen LogP contribution < -0.4 is 5.43 Å². The predicted octanol–water partition coefficient (Wildman–Crippen LogP) is 2.35. The van der Waals surface area contributed by atoms with Crippen molar-refractivity contribution in [1.29, 1.82) is 0 Å². The van der Waals surface area contributed by atoms with Crippen molar-refractivity contribution in [3.63, 3.8) is 0 Å². The van der Waals surface area contributed by atoms with E-state index in [4.69, 9.17) is 11.6 Å². The van der Waals surface area contributed by atoms with E-state index in [-0.39, 0.29) is 17.5 Å². The molecule has 18 heavy (non-hydrogen) atoms. The molecule has 0 radical (unpaired) electrons. The number of hydrazone groups is 1. The first-order valence-electron chi connectivity index (χ1n) is 5.18. The number of halogens is 1. The normalized spacial score (nSPS) is 10.9. The quantitative estimate of drug-likeness (QED) is 0.517. The summed E-state index contributed by atoms with van der Waals surface area (Å²) >= 11 is 5.85. The van der Waals surface area contributed by atoms with Crippen LogP contribution in [0.3, 0.4) is 0 Å². The van der Waals surface area contributed by atoms with E-state index < -0.39 is 4.92 Å².